The number of benzene rings is 1. The van der Waals surface area contributed by atoms with Gasteiger partial charge in [-0.2, -0.15) is 5.10 Å². The molecule has 102 valence electrons. The highest BCUT2D eigenvalue weighted by Gasteiger charge is 2.10. The van der Waals surface area contributed by atoms with Gasteiger partial charge in [-0.25, -0.2) is 11.3 Å². The van der Waals surface area contributed by atoms with Crippen LogP contribution in [-0.4, -0.2) is 30.2 Å². The van der Waals surface area contributed by atoms with E-state index in [1.165, 1.54) is 19.4 Å². The fourth-order valence-corrected chi connectivity index (χ4v) is 2.01. The fraction of sp³-hybridized carbons (Fsp3) is 0.100. The maximum absolute atomic E-state index is 11.0. The van der Waals surface area contributed by atoms with Gasteiger partial charge in [0.15, 0.2) is 11.5 Å². The summed E-state index contributed by atoms with van der Waals surface area (Å²) in [6.45, 7) is 0. The number of phenols is 1. The zero-order valence-corrected chi connectivity index (χ0v) is 12.0. The number of nitrogens with zero attached hydrogens (tertiary/aromatic N) is 1. The Labute approximate surface area is 122 Å². The molecule has 0 aliphatic rings. The van der Waals surface area contributed by atoms with Crippen molar-refractivity contribution in [2.45, 2.75) is 0 Å². The van der Waals surface area contributed by atoms with Gasteiger partial charge < -0.3 is 9.84 Å². The highest BCUT2D eigenvalue weighted by Crippen LogP contribution is 2.31. The summed E-state index contributed by atoms with van der Waals surface area (Å²) < 4.78 is 5.65. The number of methoxy groups -OCH3 is 1. The first kappa shape index (κ1) is 15.2. The van der Waals surface area contributed by atoms with E-state index in [9.17, 15) is 14.7 Å². The van der Waals surface area contributed by atoms with E-state index in [2.05, 4.69) is 5.10 Å². The molecule has 0 saturated carbocycles. The molecule has 0 aromatic heterocycles. The average Bonchev–Trinajstić information content (AvgIpc) is 2.37. The SMILES string of the molecule is COc1c(O)cc(/C=N\NC(=O)C(=O)NN)cc1I. The molecule has 8 nitrogen and oxygen atoms in total. The lowest BCUT2D eigenvalue weighted by Gasteiger charge is -2.06. The standard InChI is InChI=1S/C10H11IN4O4/c1-19-8-6(11)2-5(3-7(8)16)4-13-15-10(18)9(17)14-12/h2-4,16H,12H2,1H3,(H,14,17)(H,15,18)/b13-4-. The van der Waals surface area contributed by atoms with Gasteiger partial charge in [0.25, 0.3) is 0 Å². The molecule has 0 unspecified atom stereocenters. The Bertz CT molecular complexity index is 509. The predicted octanol–water partition coefficient (Wildman–Crippen LogP) is -0.555. The third-order valence-corrected chi connectivity index (χ3v) is 2.77. The number of amides is 2. The van der Waals surface area contributed by atoms with Crippen molar-refractivity contribution in [1.82, 2.24) is 10.9 Å². The minimum absolute atomic E-state index is 0.0538. The molecule has 1 rings (SSSR count). The highest BCUT2D eigenvalue weighted by atomic mass is 127. The summed E-state index contributed by atoms with van der Waals surface area (Å²) in [7, 11) is 1.44. The van der Waals surface area contributed by atoms with E-state index in [0.29, 0.717) is 14.9 Å². The lowest BCUT2D eigenvalue weighted by atomic mass is 10.2. The van der Waals surface area contributed by atoms with E-state index in [0.717, 1.165) is 0 Å². The van der Waals surface area contributed by atoms with Gasteiger partial charge in [0, 0.05) is 0 Å². The molecule has 0 aliphatic carbocycles. The van der Waals surface area contributed by atoms with Crippen molar-refractivity contribution in [3.8, 4) is 11.5 Å². The Hall–Kier alpha value is -1.88. The third kappa shape index (κ3) is 4.06. The molecular weight excluding hydrogens is 367 g/mol. The summed E-state index contributed by atoms with van der Waals surface area (Å²) in [5.41, 5.74) is 4.16. The number of ether oxygens (including phenoxy) is 1. The second-order valence-electron chi connectivity index (χ2n) is 3.23. The molecule has 0 atom stereocenters. The van der Waals surface area contributed by atoms with Crippen molar-refractivity contribution in [2.75, 3.05) is 7.11 Å². The third-order valence-electron chi connectivity index (χ3n) is 1.97. The van der Waals surface area contributed by atoms with Crippen molar-refractivity contribution < 1.29 is 19.4 Å². The number of aromatic hydroxyl groups is 1. The number of hydrogen-bond donors (Lipinski definition) is 4. The molecule has 19 heavy (non-hydrogen) atoms. The van der Waals surface area contributed by atoms with Gasteiger partial charge in [-0.15, -0.1) is 0 Å². The van der Waals surface area contributed by atoms with Crippen LogP contribution < -0.4 is 21.4 Å². The quantitative estimate of drug-likeness (QED) is 0.140. The summed E-state index contributed by atoms with van der Waals surface area (Å²) in [4.78, 5) is 21.8. The number of nitrogens with one attached hydrogen (secondary N) is 2. The number of carbonyl (C=O) groups excluding carboxylic acids is 2. The lowest BCUT2D eigenvalue weighted by molar-refractivity contribution is -0.139. The highest BCUT2D eigenvalue weighted by molar-refractivity contribution is 14.1. The number of rotatable bonds is 3. The van der Waals surface area contributed by atoms with Crippen LogP contribution >= 0.6 is 22.6 Å². The fourth-order valence-electron chi connectivity index (χ4n) is 1.16. The zero-order chi connectivity index (χ0) is 14.4. The van der Waals surface area contributed by atoms with Gasteiger partial charge in [0.05, 0.1) is 16.9 Å². The van der Waals surface area contributed by atoms with Crippen LogP contribution in [0.1, 0.15) is 5.56 Å². The summed E-state index contributed by atoms with van der Waals surface area (Å²) in [5, 5.41) is 13.2. The summed E-state index contributed by atoms with van der Waals surface area (Å²) >= 11 is 1.98. The van der Waals surface area contributed by atoms with Crippen LogP contribution in [-0.2, 0) is 9.59 Å². The molecule has 0 saturated heterocycles. The van der Waals surface area contributed by atoms with Gasteiger partial charge in [-0.05, 0) is 40.3 Å². The normalized spacial score (nSPS) is 10.3. The minimum atomic E-state index is -1.01. The topological polar surface area (TPSA) is 126 Å². The van der Waals surface area contributed by atoms with Gasteiger partial charge in [0.2, 0.25) is 0 Å². The Kier molecular flexibility index (Phi) is 5.51. The first-order chi connectivity index (χ1) is 8.99. The van der Waals surface area contributed by atoms with E-state index < -0.39 is 11.8 Å². The number of halogens is 1. The van der Waals surface area contributed by atoms with Crippen LogP contribution in [0.2, 0.25) is 0 Å². The van der Waals surface area contributed by atoms with E-state index in [-0.39, 0.29) is 5.75 Å². The Morgan fingerprint density at radius 1 is 1.47 bits per heavy atom. The Balaban J connectivity index is 2.78. The van der Waals surface area contributed by atoms with Crippen molar-refractivity contribution in [3.63, 3.8) is 0 Å². The molecule has 5 N–H and O–H groups in total. The maximum Gasteiger partial charge on any atom is 0.330 e. The van der Waals surface area contributed by atoms with Gasteiger partial charge in [-0.1, -0.05) is 0 Å². The smallest absolute Gasteiger partial charge is 0.330 e. The second-order valence-corrected chi connectivity index (χ2v) is 4.39. The van der Waals surface area contributed by atoms with E-state index in [1.54, 1.807) is 11.5 Å². The van der Waals surface area contributed by atoms with Crippen molar-refractivity contribution >= 4 is 40.6 Å². The van der Waals surface area contributed by atoms with Crippen molar-refractivity contribution in [3.05, 3.63) is 21.3 Å². The van der Waals surface area contributed by atoms with E-state index in [4.69, 9.17) is 10.6 Å². The first-order valence-corrected chi connectivity index (χ1v) is 5.98. The summed E-state index contributed by atoms with van der Waals surface area (Å²) in [5.74, 6) is 3.06. The van der Waals surface area contributed by atoms with E-state index in [1.807, 2.05) is 28.0 Å². The van der Waals surface area contributed by atoms with Gasteiger partial charge in [-0.3, -0.25) is 15.0 Å². The number of phenolic OH excluding ortho intramolecular Hbond substituents is 1. The monoisotopic (exact) mass is 378 g/mol. The Morgan fingerprint density at radius 3 is 2.68 bits per heavy atom. The lowest BCUT2D eigenvalue weighted by Crippen LogP contribution is -2.41. The number of carbonyl (C=O) groups is 2. The second kappa shape index (κ2) is 6.89. The molecule has 0 aliphatic heterocycles. The van der Waals surface area contributed by atoms with Gasteiger partial charge in [0.1, 0.15) is 0 Å². The van der Waals surface area contributed by atoms with Crippen LogP contribution in [0.5, 0.6) is 11.5 Å². The minimum Gasteiger partial charge on any atom is -0.504 e. The van der Waals surface area contributed by atoms with Crippen LogP contribution in [0.15, 0.2) is 17.2 Å². The maximum atomic E-state index is 11.0. The largest absolute Gasteiger partial charge is 0.504 e. The summed E-state index contributed by atoms with van der Waals surface area (Å²) in [6, 6.07) is 3.08. The van der Waals surface area contributed by atoms with Crippen LogP contribution in [0.25, 0.3) is 0 Å². The number of nitrogens with two attached hydrogens (primary N) is 1. The Morgan fingerprint density at radius 2 is 2.16 bits per heavy atom. The van der Waals surface area contributed by atoms with Crippen LogP contribution in [0.3, 0.4) is 0 Å². The van der Waals surface area contributed by atoms with Crippen LogP contribution in [0, 0.1) is 3.57 Å². The first-order valence-electron chi connectivity index (χ1n) is 4.90. The molecule has 0 spiro atoms. The molecule has 0 heterocycles. The average molecular weight is 378 g/mol. The molecule has 1 aromatic carbocycles. The molecule has 0 fully saturated rings. The molecule has 1 aromatic rings. The molecule has 0 radical (unpaired) electrons. The number of hydrogen-bond acceptors (Lipinski definition) is 6. The zero-order valence-electron chi connectivity index (χ0n) is 9.81. The predicted molar refractivity (Wildman–Crippen MR) is 75.4 cm³/mol. The van der Waals surface area contributed by atoms with Gasteiger partial charge >= 0.3 is 11.8 Å². The van der Waals surface area contributed by atoms with Crippen molar-refractivity contribution in [1.29, 1.82) is 0 Å². The molecular formula is C10H11IN4O4. The summed E-state index contributed by atoms with van der Waals surface area (Å²) in [6.07, 6.45) is 1.27. The molecule has 9 heteroatoms. The molecule has 2 amide bonds. The van der Waals surface area contributed by atoms with Crippen molar-refractivity contribution in [2.24, 2.45) is 10.9 Å². The van der Waals surface area contributed by atoms with Crippen LogP contribution in [0.4, 0.5) is 0 Å². The number of hydrazine groups is 1. The van der Waals surface area contributed by atoms with E-state index >= 15 is 0 Å². The number of hydrazone groups is 1. The molecule has 0 bridgehead atoms.